The first-order chi connectivity index (χ1) is 15.9. The second-order valence-electron chi connectivity index (χ2n) is 8.04. The first-order valence-corrected chi connectivity index (χ1v) is 10.7. The molecule has 0 saturated carbocycles. The van der Waals surface area contributed by atoms with Gasteiger partial charge in [0, 0.05) is 17.4 Å². The van der Waals surface area contributed by atoms with Crippen LogP contribution < -0.4 is 14.7 Å². The molecule has 0 fully saturated rings. The van der Waals surface area contributed by atoms with Crippen LogP contribution in [-0.4, -0.2) is 30.3 Å². The van der Waals surface area contributed by atoms with Gasteiger partial charge in [-0.1, -0.05) is 30.3 Å². The summed E-state index contributed by atoms with van der Waals surface area (Å²) < 4.78 is 13.4. The molecule has 0 atom stereocenters. The Hall–Kier alpha value is -4.00. The molecule has 6 nitrogen and oxygen atoms in total. The summed E-state index contributed by atoms with van der Waals surface area (Å²) in [6.07, 6.45) is -0.366. The van der Waals surface area contributed by atoms with E-state index in [0.717, 1.165) is 0 Å². The second kappa shape index (κ2) is 9.24. The fourth-order valence-corrected chi connectivity index (χ4v) is 4.03. The Kier molecular flexibility index (Phi) is 6.22. The maximum absolute atomic E-state index is 13.4. The third-order valence-electron chi connectivity index (χ3n) is 5.46. The Balaban J connectivity index is 1.72. The molecule has 0 aliphatic carbocycles. The Labute approximate surface area is 191 Å². The maximum atomic E-state index is 13.4. The standard InChI is InChI=1S/C26H24FN3O3/c1-18(2)29(21-14-12-19(27)13-15-21)26(33)17-28-22-10-6-7-11-23(22)30(25(32)16-24(28)31)20-8-4-3-5-9-20/h3-15,18H,16-17H2,1-2H3. The number of benzene rings is 3. The molecule has 0 bridgehead atoms. The Morgan fingerprint density at radius 1 is 0.879 bits per heavy atom. The summed E-state index contributed by atoms with van der Waals surface area (Å²) in [5, 5.41) is 0. The van der Waals surface area contributed by atoms with Gasteiger partial charge in [-0.2, -0.15) is 0 Å². The normalized spacial score (nSPS) is 13.7. The number of carbonyl (C=O) groups is 3. The number of rotatable bonds is 5. The molecule has 3 aromatic carbocycles. The van der Waals surface area contributed by atoms with Gasteiger partial charge in [-0.15, -0.1) is 0 Å². The van der Waals surface area contributed by atoms with E-state index in [2.05, 4.69) is 0 Å². The van der Waals surface area contributed by atoms with E-state index in [1.807, 2.05) is 32.0 Å². The molecule has 1 heterocycles. The zero-order valence-corrected chi connectivity index (χ0v) is 18.4. The number of nitrogens with zero attached hydrogens (tertiary/aromatic N) is 3. The SMILES string of the molecule is CC(C)N(C(=O)CN1C(=O)CC(=O)N(c2ccccc2)c2ccccc21)c1ccc(F)cc1. The van der Waals surface area contributed by atoms with Crippen LogP contribution >= 0.6 is 0 Å². The van der Waals surface area contributed by atoms with E-state index in [9.17, 15) is 18.8 Å². The number of carbonyl (C=O) groups excluding carboxylic acids is 3. The molecule has 0 saturated heterocycles. The van der Waals surface area contributed by atoms with Crippen LogP contribution in [0.5, 0.6) is 0 Å². The van der Waals surface area contributed by atoms with Crippen molar-refractivity contribution in [1.82, 2.24) is 0 Å². The van der Waals surface area contributed by atoms with E-state index in [1.54, 1.807) is 36.4 Å². The molecule has 1 aliphatic heterocycles. The molecule has 0 radical (unpaired) electrons. The predicted molar refractivity (Wildman–Crippen MR) is 126 cm³/mol. The van der Waals surface area contributed by atoms with Crippen LogP contribution in [0.1, 0.15) is 20.3 Å². The Bertz CT molecular complexity index is 1180. The Morgan fingerprint density at radius 3 is 2.12 bits per heavy atom. The minimum Gasteiger partial charge on any atom is -0.308 e. The first-order valence-electron chi connectivity index (χ1n) is 10.7. The van der Waals surface area contributed by atoms with Gasteiger partial charge in [-0.25, -0.2) is 4.39 Å². The molecule has 4 rings (SSSR count). The minimum absolute atomic E-state index is 0.220. The van der Waals surface area contributed by atoms with Gasteiger partial charge in [0.1, 0.15) is 18.8 Å². The van der Waals surface area contributed by atoms with Gasteiger partial charge in [0.25, 0.3) is 0 Å². The third-order valence-corrected chi connectivity index (χ3v) is 5.46. The van der Waals surface area contributed by atoms with Gasteiger partial charge in [0.15, 0.2) is 0 Å². The minimum atomic E-state index is -0.456. The highest BCUT2D eigenvalue weighted by atomic mass is 19.1. The summed E-state index contributed by atoms with van der Waals surface area (Å²) in [7, 11) is 0. The summed E-state index contributed by atoms with van der Waals surface area (Å²) in [6.45, 7) is 3.45. The number of hydrogen-bond acceptors (Lipinski definition) is 3. The van der Waals surface area contributed by atoms with Crippen molar-refractivity contribution < 1.29 is 18.8 Å². The van der Waals surface area contributed by atoms with Crippen molar-refractivity contribution in [3.8, 4) is 0 Å². The van der Waals surface area contributed by atoms with Crippen LogP contribution in [0, 0.1) is 5.82 Å². The molecule has 0 unspecified atom stereocenters. The molecule has 3 amide bonds. The fraction of sp³-hybridized carbons (Fsp3) is 0.192. The molecule has 168 valence electrons. The van der Waals surface area contributed by atoms with Crippen LogP contribution in [-0.2, 0) is 14.4 Å². The molecule has 33 heavy (non-hydrogen) atoms. The molecule has 1 aliphatic rings. The number of anilines is 4. The fourth-order valence-electron chi connectivity index (χ4n) is 4.03. The van der Waals surface area contributed by atoms with Crippen LogP contribution in [0.2, 0.25) is 0 Å². The topological polar surface area (TPSA) is 60.9 Å². The summed E-state index contributed by atoms with van der Waals surface area (Å²) >= 11 is 0. The van der Waals surface area contributed by atoms with Crippen LogP contribution in [0.25, 0.3) is 0 Å². The van der Waals surface area contributed by atoms with E-state index >= 15 is 0 Å². The number of halogens is 1. The lowest BCUT2D eigenvalue weighted by molar-refractivity contribution is -0.127. The summed E-state index contributed by atoms with van der Waals surface area (Å²) in [6, 6.07) is 21.6. The molecular weight excluding hydrogens is 421 g/mol. The summed E-state index contributed by atoms with van der Waals surface area (Å²) in [5.74, 6) is -1.55. The summed E-state index contributed by atoms with van der Waals surface area (Å²) in [4.78, 5) is 44.0. The molecule has 0 spiro atoms. The second-order valence-corrected chi connectivity index (χ2v) is 8.04. The highest BCUT2D eigenvalue weighted by molar-refractivity contribution is 6.19. The average Bonchev–Trinajstić information content (AvgIpc) is 2.89. The highest BCUT2D eigenvalue weighted by Gasteiger charge is 2.34. The smallest absolute Gasteiger partial charge is 0.247 e. The van der Waals surface area contributed by atoms with E-state index in [0.29, 0.717) is 22.7 Å². The first kappa shape index (κ1) is 22.2. The molecule has 7 heteroatoms. The average molecular weight is 445 g/mol. The highest BCUT2D eigenvalue weighted by Crippen LogP contribution is 2.37. The lowest BCUT2D eigenvalue weighted by Crippen LogP contribution is -2.46. The van der Waals surface area contributed by atoms with Crippen molar-refractivity contribution >= 4 is 40.5 Å². The van der Waals surface area contributed by atoms with E-state index < -0.39 is 11.7 Å². The van der Waals surface area contributed by atoms with Crippen molar-refractivity contribution in [2.45, 2.75) is 26.3 Å². The quantitative estimate of drug-likeness (QED) is 0.537. The number of hydrogen-bond donors (Lipinski definition) is 0. The zero-order valence-electron chi connectivity index (χ0n) is 18.4. The van der Waals surface area contributed by atoms with Crippen molar-refractivity contribution in [1.29, 1.82) is 0 Å². The molecule has 3 aromatic rings. The van der Waals surface area contributed by atoms with Gasteiger partial charge < -0.3 is 9.80 Å². The molecular formula is C26H24FN3O3. The monoisotopic (exact) mass is 445 g/mol. The van der Waals surface area contributed by atoms with E-state index in [4.69, 9.17) is 0 Å². The van der Waals surface area contributed by atoms with Gasteiger partial charge in [-0.3, -0.25) is 19.3 Å². The van der Waals surface area contributed by atoms with Crippen molar-refractivity contribution in [3.05, 3.63) is 84.7 Å². The Morgan fingerprint density at radius 2 is 1.48 bits per heavy atom. The van der Waals surface area contributed by atoms with Crippen LogP contribution in [0.4, 0.5) is 27.1 Å². The van der Waals surface area contributed by atoms with E-state index in [1.165, 1.54) is 39.0 Å². The third kappa shape index (κ3) is 4.48. The van der Waals surface area contributed by atoms with Crippen LogP contribution in [0.15, 0.2) is 78.9 Å². The number of fused-ring (bicyclic) bond motifs is 1. The lowest BCUT2D eigenvalue weighted by atomic mass is 10.2. The van der Waals surface area contributed by atoms with Crippen molar-refractivity contribution in [3.63, 3.8) is 0 Å². The van der Waals surface area contributed by atoms with Gasteiger partial charge in [0.2, 0.25) is 17.7 Å². The van der Waals surface area contributed by atoms with Gasteiger partial charge >= 0.3 is 0 Å². The molecule has 0 N–H and O–H groups in total. The van der Waals surface area contributed by atoms with Gasteiger partial charge in [0.05, 0.1) is 11.4 Å². The maximum Gasteiger partial charge on any atom is 0.247 e. The van der Waals surface area contributed by atoms with Crippen molar-refractivity contribution in [2.24, 2.45) is 0 Å². The lowest BCUT2D eigenvalue weighted by Gasteiger charge is -2.30. The van der Waals surface area contributed by atoms with E-state index in [-0.39, 0.29) is 30.8 Å². The summed E-state index contributed by atoms with van der Waals surface area (Å²) in [5.41, 5.74) is 2.19. The number of amides is 3. The molecule has 0 aromatic heterocycles. The van der Waals surface area contributed by atoms with Crippen LogP contribution in [0.3, 0.4) is 0 Å². The zero-order chi connectivity index (χ0) is 23.5. The number of para-hydroxylation sites is 3. The predicted octanol–water partition coefficient (Wildman–Crippen LogP) is 4.67. The van der Waals surface area contributed by atoms with Crippen molar-refractivity contribution in [2.75, 3.05) is 21.2 Å². The largest absolute Gasteiger partial charge is 0.308 e. The van der Waals surface area contributed by atoms with Gasteiger partial charge in [-0.05, 0) is 62.4 Å².